The summed E-state index contributed by atoms with van der Waals surface area (Å²) in [6.45, 7) is 1.99. The van der Waals surface area contributed by atoms with Gasteiger partial charge in [-0.05, 0) is 35.9 Å². The van der Waals surface area contributed by atoms with Gasteiger partial charge in [-0.25, -0.2) is 9.97 Å². The Kier molecular flexibility index (Phi) is 3.99. The van der Waals surface area contributed by atoms with Crippen LogP contribution >= 0.6 is 22.7 Å². The summed E-state index contributed by atoms with van der Waals surface area (Å²) in [7, 11) is 1.57. The average Bonchev–Trinajstić information content (AvgIpc) is 3.28. The van der Waals surface area contributed by atoms with E-state index in [9.17, 15) is 4.79 Å². The summed E-state index contributed by atoms with van der Waals surface area (Å²) >= 11 is 3.11. The minimum Gasteiger partial charge on any atom is -0.496 e. The molecule has 0 bridgehead atoms. The number of rotatable bonds is 3. The Morgan fingerprint density at radius 3 is 2.54 bits per heavy atom. The van der Waals surface area contributed by atoms with E-state index in [-0.39, 0.29) is 5.91 Å². The first kappa shape index (κ1) is 17.1. The summed E-state index contributed by atoms with van der Waals surface area (Å²) in [4.78, 5) is 22.2. The number of hydrogen-bond acceptors (Lipinski definition) is 6. The van der Waals surface area contributed by atoms with Crippen LogP contribution in [0, 0.1) is 6.92 Å². The fourth-order valence-corrected chi connectivity index (χ4v) is 5.35. The number of methoxy groups -OCH3 is 1. The molecule has 1 N–H and O–H groups in total. The summed E-state index contributed by atoms with van der Waals surface area (Å²) in [5, 5.41) is 6.37. The largest absolute Gasteiger partial charge is 0.496 e. The maximum absolute atomic E-state index is 13.1. The molecule has 2 heterocycles. The summed E-state index contributed by atoms with van der Waals surface area (Å²) in [6.07, 6.45) is 0. The van der Waals surface area contributed by atoms with Crippen LogP contribution in [0.3, 0.4) is 0 Å². The van der Waals surface area contributed by atoms with Gasteiger partial charge in [0.15, 0.2) is 5.13 Å². The van der Waals surface area contributed by atoms with Crippen LogP contribution in [0.15, 0.2) is 48.5 Å². The number of anilines is 1. The van der Waals surface area contributed by atoms with Gasteiger partial charge in [-0.3, -0.25) is 10.1 Å². The SMILES string of the molecule is COc1ccc2ccccc2c1C(=O)Nc1nc2ccc3nc(C)sc3c2s1. The van der Waals surface area contributed by atoms with Crippen LogP contribution in [0.1, 0.15) is 15.4 Å². The lowest BCUT2D eigenvalue weighted by Crippen LogP contribution is -2.13. The van der Waals surface area contributed by atoms with Gasteiger partial charge in [0.05, 0.1) is 38.1 Å². The zero-order valence-electron chi connectivity index (χ0n) is 15.1. The van der Waals surface area contributed by atoms with Crippen molar-refractivity contribution in [1.82, 2.24) is 9.97 Å². The number of hydrogen-bond donors (Lipinski definition) is 1. The van der Waals surface area contributed by atoms with Gasteiger partial charge in [-0.2, -0.15) is 0 Å². The zero-order valence-corrected chi connectivity index (χ0v) is 16.8. The second kappa shape index (κ2) is 6.54. The minimum atomic E-state index is -0.232. The zero-order chi connectivity index (χ0) is 19.3. The Bertz CT molecular complexity index is 1370. The normalized spacial score (nSPS) is 11.4. The number of carbonyl (C=O) groups excluding carboxylic acids is 1. The molecule has 1 amide bonds. The van der Waals surface area contributed by atoms with Gasteiger partial charge in [0.1, 0.15) is 5.75 Å². The Balaban J connectivity index is 1.59. The Morgan fingerprint density at radius 1 is 0.964 bits per heavy atom. The number of benzene rings is 3. The molecule has 0 aliphatic heterocycles. The van der Waals surface area contributed by atoms with Gasteiger partial charge in [0, 0.05) is 0 Å². The molecule has 5 nitrogen and oxygen atoms in total. The molecule has 0 saturated heterocycles. The van der Waals surface area contributed by atoms with Crippen molar-refractivity contribution in [3.8, 4) is 5.75 Å². The molecule has 0 spiro atoms. The molecule has 138 valence electrons. The molecule has 0 radical (unpaired) electrons. The highest BCUT2D eigenvalue weighted by Gasteiger charge is 2.19. The second-order valence-electron chi connectivity index (χ2n) is 6.33. The number of nitrogens with zero attached hydrogens (tertiary/aromatic N) is 2. The third-order valence-corrected chi connectivity index (χ3v) is 6.71. The molecule has 3 aromatic carbocycles. The number of thiazole rings is 2. The van der Waals surface area contributed by atoms with Gasteiger partial charge >= 0.3 is 0 Å². The molecule has 0 fully saturated rings. The lowest BCUT2D eigenvalue weighted by molar-refractivity contribution is 0.102. The first-order valence-electron chi connectivity index (χ1n) is 8.68. The number of fused-ring (bicyclic) bond motifs is 4. The van der Waals surface area contributed by atoms with Crippen LogP contribution in [-0.4, -0.2) is 23.0 Å². The third-order valence-electron chi connectivity index (χ3n) is 4.58. The van der Waals surface area contributed by atoms with Crippen molar-refractivity contribution in [1.29, 1.82) is 0 Å². The predicted molar refractivity (Wildman–Crippen MR) is 116 cm³/mol. The molecule has 2 aromatic heterocycles. The van der Waals surface area contributed by atoms with Crippen molar-refractivity contribution < 1.29 is 9.53 Å². The molecule has 28 heavy (non-hydrogen) atoms. The molecule has 0 aliphatic rings. The first-order chi connectivity index (χ1) is 13.6. The highest BCUT2D eigenvalue weighted by atomic mass is 32.1. The van der Waals surface area contributed by atoms with Crippen LogP contribution in [-0.2, 0) is 0 Å². The molecule has 0 aliphatic carbocycles. The van der Waals surface area contributed by atoms with E-state index in [2.05, 4.69) is 15.3 Å². The molecule has 7 heteroatoms. The lowest BCUT2D eigenvalue weighted by Gasteiger charge is -2.11. The summed E-state index contributed by atoms with van der Waals surface area (Å²) in [5.41, 5.74) is 2.34. The van der Waals surface area contributed by atoms with Gasteiger partial charge in [-0.15, -0.1) is 11.3 Å². The van der Waals surface area contributed by atoms with Crippen molar-refractivity contribution in [2.24, 2.45) is 0 Å². The maximum atomic E-state index is 13.1. The highest BCUT2D eigenvalue weighted by Crippen LogP contribution is 2.36. The van der Waals surface area contributed by atoms with E-state index >= 15 is 0 Å². The standard InChI is InChI=1S/C21H15N3O2S2/c1-11-22-14-8-9-15-19(18(14)27-11)28-21(23-15)24-20(25)17-13-6-4-3-5-12(13)7-10-16(17)26-2/h3-10H,1-2H3,(H,23,24,25). The quantitative estimate of drug-likeness (QED) is 0.423. The second-order valence-corrected chi connectivity index (χ2v) is 8.53. The van der Waals surface area contributed by atoms with E-state index in [1.165, 1.54) is 11.3 Å². The van der Waals surface area contributed by atoms with E-state index in [0.717, 1.165) is 36.2 Å². The van der Waals surface area contributed by atoms with Crippen molar-refractivity contribution in [2.45, 2.75) is 6.92 Å². The van der Waals surface area contributed by atoms with Crippen LogP contribution < -0.4 is 10.1 Å². The van der Waals surface area contributed by atoms with Crippen LogP contribution in [0.5, 0.6) is 5.75 Å². The van der Waals surface area contributed by atoms with Crippen molar-refractivity contribution in [3.05, 3.63) is 59.1 Å². The molecular weight excluding hydrogens is 390 g/mol. The fraction of sp³-hybridized carbons (Fsp3) is 0.0952. The van der Waals surface area contributed by atoms with Gasteiger partial charge in [-0.1, -0.05) is 41.7 Å². The molecule has 0 atom stereocenters. The van der Waals surface area contributed by atoms with Crippen molar-refractivity contribution >= 4 is 64.9 Å². The van der Waals surface area contributed by atoms with E-state index in [1.54, 1.807) is 18.4 Å². The number of ether oxygens (including phenoxy) is 1. The number of carbonyl (C=O) groups is 1. The highest BCUT2D eigenvalue weighted by molar-refractivity contribution is 7.28. The fourth-order valence-electron chi connectivity index (χ4n) is 3.35. The number of aromatic nitrogens is 2. The van der Waals surface area contributed by atoms with Crippen molar-refractivity contribution in [2.75, 3.05) is 12.4 Å². The maximum Gasteiger partial charge on any atom is 0.261 e. The van der Waals surface area contributed by atoms with Crippen LogP contribution in [0.4, 0.5) is 5.13 Å². The van der Waals surface area contributed by atoms with E-state index < -0.39 is 0 Å². The van der Waals surface area contributed by atoms with Gasteiger partial charge in [0.25, 0.3) is 5.91 Å². The van der Waals surface area contributed by atoms with Crippen LogP contribution in [0.25, 0.3) is 31.2 Å². The third kappa shape index (κ3) is 2.71. The first-order valence-corrected chi connectivity index (χ1v) is 10.3. The van der Waals surface area contributed by atoms with Crippen LogP contribution in [0.2, 0.25) is 0 Å². The summed E-state index contributed by atoms with van der Waals surface area (Å²) < 4.78 is 7.60. The smallest absolute Gasteiger partial charge is 0.261 e. The lowest BCUT2D eigenvalue weighted by atomic mass is 10.0. The number of nitrogens with one attached hydrogen (secondary N) is 1. The number of aryl methyl sites for hydroxylation is 1. The predicted octanol–water partition coefficient (Wildman–Crippen LogP) is 5.63. The molecule has 5 aromatic rings. The summed E-state index contributed by atoms with van der Waals surface area (Å²) in [5.74, 6) is 0.308. The van der Waals surface area contributed by atoms with Gasteiger partial charge in [0.2, 0.25) is 0 Å². The monoisotopic (exact) mass is 405 g/mol. The summed E-state index contributed by atoms with van der Waals surface area (Å²) in [6, 6.07) is 15.5. The van der Waals surface area contributed by atoms with E-state index in [4.69, 9.17) is 4.74 Å². The molecule has 0 saturated carbocycles. The molecule has 0 unspecified atom stereocenters. The molecule has 5 rings (SSSR count). The Morgan fingerprint density at radius 2 is 1.71 bits per heavy atom. The topological polar surface area (TPSA) is 64.1 Å². The van der Waals surface area contributed by atoms with E-state index in [1.807, 2.05) is 55.5 Å². The van der Waals surface area contributed by atoms with E-state index in [0.29, 0.717) is 16.4 Å². The van der Waals surface area contributed by atoms with Gasteiger partial charge < -0.3 is 4.74 Å². The minimum absolute atomic E-state index is 0.232. The number of amides is 1. The molecular formula is C21H15N3O2S2. The Hall–Kier alpha value is -3.03. The Labute approximate surface area is 168 Å². The average molecular weight is 406 g/mol. The van der Waals surface area contributed by atoms with Crippen molar-refractivity contribution in [3.63, 3.8) is 0 Å².